The number of hydrogen-bond acceptors (Lipinski definition) is 6. The highest BCUT2D eigenvalue weighted by atomic mass is 32.2. The standard InChI is InChI=1S/C15H19N3O4S2/c1-11(2)24(21,22)17-16-15(20)12-5-3-7-18(9-12)10-13(19)14-6-4-8-23-14/h3-4,6-9,11,17H,5,10H2,1-2H3,(H,16,20). The van der Waals surface area contributed by atoms with E-state index in [1.807, 2.05) is 5.38 Å². The summed E-state index contributed by atoms with van der Waals surface area (Å²) in [5.74, 6) is -0.592. The Morgan fingerprint density at radius 1 is 1.38 bits per heavy atom. The molecule has 1 aliphatic rings. The van der Waals surface area contributed by atoms with E-state index < -0.39 is 21.2 Å². The average molecular weight is 369 g/mol. The number of carbonyl (C=O) groups excluding carboxylic acids is 2. The Hall–Kier alpha value is -1.97. The molecule has 0 radical (unpaired) electrons. The van der Waals surface area contributed by atoms with Crippen LogP contribution < -0.4 is 10.3 Å². The molecule has 0 saturated carbocycles. The monoisotopic (exact) mass is 369 g/mol. The molecular formula is C15H19N3O4S2. The molecule has 1 aromatic rings. The van der Waals surface area contributed by atoms with E-state index in [0.29, 0.717) is 16.9 Å². The maximum Gasteiger partial charge on any atom is 0.263 e. The van der Waals surface area contributed by atoms with Gasteiger partial charge >= 0.3 is 0 Å². The second-order valence-electron chi connectivity index (χ2n) is 5.47. The van der Waals surface area contributed by atoms with Crippen molar-refractivity contribution in [2.75, 3.05) is 6.54 Å². The van der Waals surface area contributed by atoms with E-state index in [2.05, 4.69) is 10.3 Å². The van der Waals surface area contributed by atoms with E-state index >= 15 is 0 Å². The Kier molecular flexibility index (Phi) is 5.92. The normalized spacial score (nSPS) is 14.6. The lowest BCUT2D eigenvalue weighted by atomic mass is 10.1. The molecule has 0 bridgehead atoms. The Morgan fingerprint density at radius 2 is 2.12 bits per heavy atom. The zero-order valence-corrected chi connectivity index (χ0v) is 15.0. The number of sulfonamides is 1. The first kappa shape index (κ1) is 18.4. The highest BCUT2D eigenvalue weighted by molar-refractivity contribution is 7.90. The Morgan fingerprint density at radius 3 is 2.75 bits per heavy atom. The summed E-state index contributed by atoms with van der Waals surface area (Å²) in [5.41, 5.74) is 2.55. The van der Waals surface area contributed by atoms with Gasteiger partial charge in [-0.1, -0.05) is 12.1 Å². The van der Waals surface area contributed by atoms with Gasteiger partial charge in [-0.05, 0) is 31.7 Å². The highest BCUT2D eigenvalue weighted by Gasteiger charge is 2.19. The second-order valence-corrected chi connectivity index (χ2v) is 8.65. The fourth-order valence-electron chi connectivity index (χ4n) is 1.86. The molecule has 1 amide bonds. The largest absolute Gasteiger partial charge is 0.346 e. The first-order valence-corrected chi connectivity index (χ1v) is 9.73. The van der Waals surface area contributed by atoms with Crippen LogP contribution in [0.1, 0.15) is 29.9 Å². The molecule has 24 heavy (non-hydrogen) atoms. The van der Waals surface area contributed by atoms with Crippen LogP contribution in [0.25, 0.3) is 0 Å². The molecule has 0 spiro atoms. The minimum absolute atomic E-state index is 0.0481. The van der Waals surface area contributed by atoms with Crippen molar-refractivity contribution < 1.29 is 18.0 Å². The maximum absolute atomic E-state index is 12.1. The molecule has 0 fully saturated rings. The van der Waals surface area contributed by atoms with Crippen LogP contribution in [0, 0.1) is 0 Å². The lowest BCUT2D eigenvalue weighted by Crippen LogP contribution is -2.45. The van der Waals surface area contributed by atoms with E-state index in [-0.39, 0.29) is 12.3 Å². The third-order valence-corrected chi connectivity index (χ3v) is 5.84. The lowest BCUT2D eigenvalue weighted by molar-refractivity contribution is -0.118. The van der Waals surface area contributed by atoms with Crippen LogP contribution in [0.15, 0.2) is 41.6 Å². The smallest absolute Gasteiger partial charge is 0.263 e. The Labute approximate surface area is 145 Å². The molecular weight excluding hydrogens is 350 g/mol. The molecule has 7 nitrogen and oxygen atoms in total. The number of nitrogens with zero attached hydrogens (tertiary/aromatic N) is 1. The fraction of sp³-hybridized carbons (Fsp3) is 0.333. The van der Waals surface area contributed by atoms with E-state index in [0.717, 1.165) is 0 Å². The van der Waals surface area contributed by atoms with Crippen LogP contribution in [0.3, 0.4) is 0 Å². The molecule has 9 heteroatoms. The summed E-state index contributed by atoms with van der Waals surface area (Å²) >= 11 is 1.36. The predicted molar refractivity (Wildman–Crippen MR) is 92.5 cm³/mol. The first-order valence-electron chi connectivity index (χ1n) is 7.30. The number of allylic oxidation sites excluding steroid dienone is 1. The molecule has 0 atom stereocenters. The van der Waals surface area contributed by atoms with Gasteiger partial charge in [0.15, 0.2) is 5.78 Å². The molecule has 0 aliphatic carbocycles. The summed E-state index contributed by atoms with van der Waals surface area (Å²) in [6, 6.07) is 3.55. The van der Waals surface area contributed by atoms with Gasteiger partial charge in [0, 0.05) is 18.0 Å². The van der Waals surface area contributed by atoms with E-state index in [9.17, 15) is 18.0 Å². The number of nitrogens with one attached hydrogen (secondary N) is 2. The predicted octanol–water partition coefficient (Wildman–Crippen LogP) is 1.39. The van der Waals surface area contributed by atoms with Crippen molar-refractivity contribution in [3.63, 3.8) is 0 Å². The summed E-state index contributed by atoms with van der Waals surface area (Å²) in [7, 11) is -3.59. The number of hydrazine groups is 1. The summed E-state index contributed by atoms with van der Waals surface area (Å²) in [6.07, 6.45) is 5.37. The third kappa shape index (κ3) is 4.76. The van der Waals surface area contributed by atoms with Crippen molar-refractivity contribution in [1.29, 1.82) is 0 Å². The van der Waals surface area contributed by atoms with Gasteiger partial charge in [-0.2, -0.15) is 0 Å². The van der Waals surface area contributed by atoms with Crippen molar-refractivity contribution in [2.45, 2.75) is 25.5 Å². The SMILES string of the molecule is CC(C)S(=O)(=O)NNC(=O)C1=CN(CC(=O)c2cccs2)C=CC1. The molecule has 2 N–H and O–H groups in total. The van der Waals surface area contributed by atoms with Gasteiger partial charge in [-0.25, -0.2) is 8.42 Å². The van der Waals surface area contributed by atoms with Crippen molar-refractivity contribution in [3.8, 4) is 0 Å². The molecule has 2 heterocycles. The number of amides is 1. The number of carbonyl (C=O) groups is 2. The second kappa shape index (κ2) is 7.73. The maximum atomic E-state index is 12.1. The van der Waals surface area contributed by atoms with Crippen LogP contribution in [-0.4, -0.2) is 36.8 Å². The van der Waals surface area contributed by atoms with Crippen LogP contribution in [0.4, 0.5) is 0 Å². The lowest BCUT2D eigenvalue weighted by Gasteiger charge is -2.20. The summed E-state index contributed by atoms with van der Waals surface area (Å²) in [6.45, 7) is 3.13. The summed E-state index contributed by atoms with van der Waals surface area (Å²) in [5, 5.41) is 1.17. The molecule has 0 unspecified atom stereocenters. The summed E-state index contributed by atoms with van der Waals surface area (Å²) in [4.78, 5) is 28.5. The number of hydrogen-bond donors (Lipinski definition) is 2. The van der Waals surface area contributed by atoms with Crippen LogP contribution in [-0.2, 0) is 14.8 Å². The van der Waals surface area contributed by atoms with Gasteiger partial charge in [0.05, 0.1) is 16.7 Å². The minimum Gasteiger partial charge on any atom is -0.346 e. The van der Waals surface area contributed by atoms with Crippen molar-refractivity contribution >= 4 is 33.1 Å². The van der Waals surface area contributed by atoms with Crippen LogP contribution >= 0.6 is 11.3 Å². The highest BCUT2D eigenvalue weighted by Crippen LogP contribution is 2.15. The van der Waals surface area contributed by atoms with Crippen molar-refractivity contribution in [1.82, 2.24) is 15.2 Å². The number of rotatable bonds is 7. The van der Waals surface area contributed by atoms with E-state index in [1.54, 1.807) is 35.5 Å². The van der Waals surface area contributed by atoms with Gasteiger partial charge in [-0.15, -0.1) is 16.2 Å². The summed E-state index contributed by atoms with van der Waals surface area (Å²) < 4.78 is 23.3. The Bertz CT molecular complexity index is 765. The zero-order valence-electron chi connectivity index (χ0n) is 13.4. The van der Waals surface area contributed by atoms with E-state index in [1.165, 1.54) is 25.2 Å². The van der Waals surface area contributed by atoms with Gasteiger partial charge < -0.3 is 4.90 Å². The van der Waals surface area contributed by atoms with Crippen LogP contribution in [0.2, 0.25) is 0 Å². The zero-order chi connectivity index (χ0) is 17.7. The molecule has 0 saturated heterocycles. The van der Waals surface area contributed by atoms with Gasteiger partial charge in [0.2, 0.25) is 10.0 Å². The first-order chi connectivity index (χ1) is 11.3. The molecule has 1 aliphatic heterocycles. The number of ketones is 1. The van der Waals surface area contributed by atoms with Crippen molar-refractivity contribution in [3.05, 3.63) is 46.4 Å². The molecule has 2 rings (SSSR count). The topological polar surface area (TPSA) is 95.6 Å². The van der Waals surface area contributed by atoms with Gasteiger partial charge in [-0.3, -0.25) is 15.0 Å². The molecule has 0 aromatic carbocycles. The quantitative estimate of drug-likeness (QED) is 0.559. The minimum atomic E-state index is -3.59. The number of Topliss-reactive ketones (excluding diaryl/α,β-unsaturated/α-hetero) is 1. The van der Waals surface area contributed by atoms with Crippen molar-refractivity contribution in [2.24, 2.45) is 0 Å². The molecule has 130 valence electrons. The van der Waals surface area contributed by atoms with Gasteiger partial charge in [0.1, 0.15) is 0 Å². The molecule has 1 aromatic heterocycles. The average Bonchev–Trinajstić information content (AvgIpc) is 3.07. The fourth-order valence-corrected chi connectivity index (χ4v) is 2.98. The Balaban J connectivity index is 1.97. The van der Waals surface area contributed by atoms with E-state index in [4.69, 9.17) is 0 Å². The van der Waals surface area contributed by atoms with Crippen LogP contribution in [0.5, 0.6) is 0 Å². The van der Waals surface area contributed by atoms with Gasteiger partial charge in [0.25, 0.3) is 5.91 Å². The number of thiophene rings is 1. The third-order valence-electron chi connectivity index (χ3n) is 3.30.